The molecule has 1 aliphatic heterocycles. The maximum absolute atomic E-state index is 5.85. The Morgan fingerprint density at radius 2 is 2.12 bits per heavy atom. The van der Waals surface area contributed by atoms with Crippen LogP contribution in [0, 0.1) is 0 Å². The molecule has 0 aromatic heterocycles. The van der Waals surface area contributed by atoms with Gasteiger partial charge in [0.2, 0.25) is 0 Å². The number of hydrogen-bond acceptors (Lipinski definition) is 3. The summed E-state index contributed by atoms with van der Waals surface area (Å²) in [7, 11) is 0. The molecule has 1 saturated carbocycles. The van der Waals surface area contributed by atoms with Crippen LogP contribution < -0.4 is 5.32 Å². The smallest absolute Gasteiger partial charge is 0.0704 e. The Hall–Kier alpha value is 0.270. The van der Waals surface area contributed by atoms with Crippen LogP contribution in [0.1, 0.15) is 46.0 Å². The average Bonchev–Trinajstić information content (AvgIpc) is 2.85. The number of rotatable bonds is 5. The van der Waals surface area contributed by atoms with Crippen molar-refractivity contribution in [3.05, 3.63) is 0 Å². The normalized spacial score (nSPS) is 39.4. The van der Waals surface area contributed by atoms with Crippen molar-refractivity contribution in [2.45, 2.75) is 69.5 Å². The molecule has 0 aromatic rings. The summed E-state index contributed by atoms with van der Waals surface area (Å²) in [5.41, 5.74) is 0. The molecule has 0 spiro atoms. The van der Waals surface area contributed by atoms with E-state index in [-0.39, 0.29) is 0 Å². The molecule has 1 aliphatic carbocycles. The van der Waals surface area contributed by atoms with Gasteiger partial charge in [-0.2, -0.15) is 11.8 Å². The fraction of sp³-hybridized carbons (Fsp3) is 1.00. The SMILES string of the molecule is CCSC1CCCC1NCC1CCC(C)O1. The van der Waals surface area contributed by atoms with Crippen molar-refractivity contribution in [2.24, 2.45) is 0 Å². The first-order valence-electron chi connectivity index (χ1n) is 6.80. The average molecular weight is 243 g/mol. The third kappa shape index (κ3) is 3.38. The molecule has 3 heteroatoms. The standard InChI is InChI=1S/C13H25NOS/c1-3-16-13-6-4-5-12(13)14-9-11-8-7-10(2)15-11/h10-14H,3-9H2,1-2H3. The summed E-state index contributed by atoms with van der Waals surface area (Å²) >= 11 is 2.13. The van der Waals surface area contributed by atoms with Crippen molar-refractivity contribution < 1.29 is 4.74 Å². The fourth-order valence-electron chi connectivity index (χ4n) is 2.89. The molecule has 1 N–H and O–H groups in total. The fourth-order valence-corrected chi connectivity index (χ4v) is 4.12. The van der Waals surface area contributed by atoms with Crippen molar-refractivity contribution in [3.8, 4) is 0 Å². The monoisotopic (exact) mass is 243 g/mol. The zero-order valence-corrected chi connectivity index (χ0v) is 11.4. The molecule has 94 valence electrons. The van der Waals surface area contributed by atoms with E-state index in [0.29, 0.717) is 12.2 Å². The van der Waals surface area contributed by atoms with Crippen molar-refractivity contribution in [3.63, 3.8) is 0 Å². The topological polar surface area (TPSA) is 21.3 Å². The Morgan fingerprint density at radius 1 is 1.25 bits per heavy atom. The van der Waals surface area contributed by atoms with Gasteiger partial charge in [-0.15, -0.1) is 0 Å². The van der Waals surface area contributed by atoms with Gasteiger partial charge < -0.3 is 10.1 Å². The second-order valence-electron chi connectivity index (χ2n) is 5.09. The molecule has 4 atom stereocenters. The van der Waals surface area contributed by atoms with Gasteiger partial charge in [-0.25, -0.2) is 0 Å². The predicted molar refractivity (Wildman–Crippen MR) is 71.1 cm³/mol. The maximum Gasteiger partial charge on any atom is 0.0704 e. The Morgan fingerprint density at radius 3 is 2.81 bits per heavy atom. The van der Waals surface area contributed by atoms with E-state index in [2.05, 4.69) is 30.9 Å². The Labute approximate surface area is 104 Å². The molecular formula is C13H25NOS. The second kappa shape index (κ2) is 6.27. The van der Waals surface area contributed by atoms with Crippen molar-refractivity contribution in [1.29, 1.82) is 0 Å². The molecule has 4 unspecified atom stereocenters. The lowest BCUT2D eigenvalue weighted by Crippen LogP contribution is -2.39. The minimum absolute atomic E-state index is 0.475. The molecule has 1 heterocycles. The second-order valence-corrected chi connectivity index (χ2v) is 6.60. The molecule has 2 fully saturated rings. The van der Waals surface area contributed by atoms with E-state index in [4.69, 9.17) is 4.74 Å². The molecule has 2 nitrogen and oxygen atoms in total. The lowest BCUT2D eigenvalue weighted by Gasteiger charge is -2.22. The van der Waals surface area contributed by atoms with Crippen molar-refractivity contribution in [2.75, 3.05) is 12.3 Å². The molecule has 0 bridgehead atoms. The highest BCUT2D eigenvalue weighted by molar-refractivity contribution is 7.99. The molecule has 16 heavy (non-hydrogen) atoms. The Bertz CT molecular complexity index is 212. The van der Waals surface area contributed by atoms with E-state index in [1.165, 1.54) is 37.9 Å². The molecule has 0 radical (unpaired) electrons. The van der Waals surface area contributed by atoms with Gasteiger partial charge >= 0.3 is 0 Å². The Kier molecular flexibility index (Phi) is 4.98. The highest BCUT2D eigenvalue weighted by Gasteiger charge is 2.28. The zero-order chi connectivity index (χ0) is 11.4. The van der Waals surface area contributed by atoms with Crippen LogP contribution in [-0.2, 0) is 4.74 Å². The van der Waals surface area contributed by atoms with E-state index in [0.717, 1.165) is 17.8 Å². The van der Waals surface area contributed by atoms with Crippen LogP contribution in [0.5, 0.6) is 0 Å². The number of ether oxygens (including phenoxy) is 1. The van der Waals surface area contributed by atoms with Crippen molar-refractivity contribution in [1.82, 2.24) is 5.32 Å². The summed E-state index contributed by atoms with van der Waals surface area (Å²) in [5, 5.41) is 4.58. The van der Waals surface area contributed by atoms with E-state index in [9.17, 15) is 0 Å². The van der Waals surface area contributed by atoms with E-state index >= 15 is 0 Å². The van der Waals surface area contributed by atoms with Crippen LogP contribution in [0.3, 0.4) is 0 Å². The molecule has 2 rings (SSSR count). The van der Waals surface area contributed by atoms with Gasteiger partial charge in [0, 0.05) is 17.8 Å². The number of nitrogens with one attached hydrogen (secondary N) is 1. The number of thioether (sulfide) groups is 1. The highest BCUT2D eigenvalue weighted by Crippen LogP contribution is 2.30. The van der Waals surface area contributed by atoms with Crippen LogP contribution >= 0.6 is 11.8 Å². The van der Waals surface area contributed by atoms with Gasteiger partial charge in [-0.1, -0.05) is 13.3 Å². The van der Waals surface area contributed by atoms with Crippen LogP contribution in [0.25, 0.3) is 0 Å². The molecule has 2 aliphatic rings. The summed E-state index contributed by atoms with van der Waals surface area (Å²) in [5.74, 6) is 1.25. The third-order valence-electron chi connectivity index (χ3n) is 3.76. The first-order valence-corrected chi connectivity index (χ1v) is 7.85. The lowest BCUT2D eigenvalue weighted by molar-refractivity contribution is 0.0545. The lowest BCUT2D eigenvalue weighted by atomic mass is 10.2. The van der Waals surface area contributed by atoms with Crippen LogP contribution in [0.2, 0.25) is 0 Å². The van der Waals surface area contributed by atoms with Gasteiger partial charge in [-0.3, -0.25) is 0 Å². The zero-order valence-electron chi connectivity index (χ0n) is 10.6. The van der Waals surface area contributed by atoms with Gasteiger partial charge in [0.25, 0.3) is 0 Å². The van der Waals surface area contributed by atoms with E-state index in [1.807, 2.05) is 0 Å². The maximum atomic E-state index is 5.85. The van der Waals surface area contributed by atoms with Gasteiger partial charge in [0.15, 0.2) is 0 Å². The van der Waals surface area contributed by atoms with Crippen LogP contribution in [-0.4, -0.2) is 35.8 Å². The number of hydrogen-bond donors (Lipinski definition) is 1. The summed E-state index contributed by atoms with van der Waals surface area (Å²) in [6.45, 7) is 5.52. The molecule has 1 saturated heterocycles. The van der Waals surface area contributed by atoms with E-state index < -0.39 is 0 Å². The minimum atomic E-state index is 0.475. The van der Waals surface area contributed by atoms with Gasteiger partial charge in [0.05, 0.1) is 12.2 Å². The summed E-state index contributed by atoms with van der Waals surface area (Å²) in [6.07, 6.45) is 7.60. The van der Waals surface area contributed by atoms with Gasteiger partial charge in [0.1, 0.15) is 0 Å². The summed E-state index contributed by atoms with van der Waals surface area (Å²) < 4.78 is 5.85. The Balaban J connectivity index is 1.68. The molecule has 0 amide bonds. The largest absolute Gasteiger partial charge is 0.374 e. The quantitative estimate of drug-likeness (QED) is 0.802. The summed E-state index contributed by atoms with van der Waals surface area (Å²) in [4.78, 5) is 0. The minimum Gasteiger partial charge on any atom is -0.374 e. The van der Waals surface area contributed by atoms with Crippen LogP contribution in [0.4, 0.5) is 0 Å². The first kappa shape index (κ1) is 12.7. The molecular weight excluding hydrogens is 218 g/mol. The van der Waals surface area contributed by atoms with E-state index in [1.54, 1.807) is 0 Å². The van der Waals surface area contributed by atoms with Crippen molar-refractivity contribution >= 4 is 11.8 Å². The van der Waals surface area contributed by atoms with Crippen LogP contribution in [0.15, 0.2) is 0 Å². The molecule has 0 aromatic carbocycles. The summed E-state index contributed by atoms with van der Waals surface area (Å²) in [6, 6.07) is 0.740. The highest BCUT2D eigenvalue weighted by atomic mass is 32.2. The third-order valence-corrected chi connectivity index (χ3v) is 5.09. The predicted octanol–water partition coefficient (Wildman–Crippen LogP) is 2.82. The van der Waals surface area contributed by atoms with Gasteiger partial charge in [-0.05, 0) is 38.4 Å². The first-order chi connectivity index (χ1) is 7.79.